The number of thioether (sulfide) groups is 1. The smallest absolute Gasteiger partial charge is 0.338 e. The van der Waals surface area contributed by atoms with Crippen LogP contribution in [0.25, 0.3) is 0 Å². The summed E-state index contributed by atoms with van der Waals surface area (Å²) in [4.78, 5) is 26.8. The zero-order valence-corrected chi connectivity index (χ0v) is 18.8. The molecule has 3 aromatic carbocycles. The van der Waals surface area contributed by atoms with Crippen molar-refractivity contribution < 1.29 is 28.9 Å². The molecule has 0 aromatic heterocycles. The van der Waals surface area contributed by atoms with Crippen molar-refractivity contribution in [1.82, 2.24) is 0 Å². The Morgan fingerprint density at radius 2 is 1.39 bits per heavy atom. The van der Waals surface area contributed by atoms with Gasteiger partial charge in [0, 0.05) is 4.90 Å². The van der Waals surface area contributed by atoms with Crippen molar-refractivity contribution in [1.29, 1.82) is 0 Å². The van der Waals surface area contributed by atoms with E-state index in [2.05, 4.69) is 0 Å². The van der Waals surface area contributed by atoms with Gasteiger partial charge in [-0.05, 0) is 43.3 Å². The topological polar surface area (TPSA) is 82.1 Å². The van der Waals surface area contributed by atoms with E-state index in [1.165, 1.54) is 11.8 Å². The summed E-state index contributed by atoms with van der Waals surface area (Å²) >= 11 is 1.34. The van der Waals surface area contributed by atoms with Gasteiger partial charge in [0.1, 0.15) is 11.5 Å². The highest BCUT2D eigenvalue weighted by molar-refractivity contribution is 7.99. The Kier molecular flexibility index (Phi) is 7.13. The Morgan fingerprint density at radius 3 is 1.94 bits per heavy atom. The lowest BCUT2D eigenvalue weighted by Gasteiger charge is -2.33. The molecule has 33 heavy (non-hydrogen) atoms. The standard InChI is InChI=1S/C26H24O6S/c1-26(32-24(29)19-13-7-3-8-14-19)21(17-27)30-25(33-20-15-9-4-10-16-20)22(26)31-23(28)18-11-5-2-6-12-18/h2-16,21-22,25,27H,17H2,1H3/t21-,22?,25-,26-/m1/s1. The molecule has 4 rings (SSSR count). The molecule has 0 saturated carbocycles. The van der Waals surface area contributed by atoms with Gasteiger partial charge in [-0.2, -0.15) is 0 Å². The van der Waals surface area contributed by atoms with E-state index in [0.29, 0.717) is 11.1 Å². The van der Waals surface area contributed by atoms with Crippen LogP contribution in [0.4, 0.5) is 0 Å². The molecule has 3 aromatic rings. The molecule has 170 valence electrons. The van der Waals surface area contributed by atoms with Crippen LogP contribution in [0.3, 0.4) is 0 Å². The van der Waals surface area contributed by atoms with E-state index in [9.17, 15) is 14.7 Å². The number of aliphatic hydroxyl groups is 1. The zero-order chi connectivity index (χ0) is 23.3. The molecular formula is C26H24O6S. The molecule has 6 nitrogen and oxygen atoms in total. The highest BCUT2D eigenvalue weighted by atomic mass is 32.2. The van der Waals surface area contributed by atoms with Gasteiger partial charge in [0.25, 0.3) is 0 Å². The van der Waals surface area contributed by atoms with E-state index >= 15 is 0 Å². The first-order chi connectivity index (χ1) is 16.0. The number of hydrogen-bond donors (Lipinski definition) is 1. The van der Waals surface area contributed by atoms with E-state index < -0.39 is 41.8 Å². The van der Waals surface area contributed by atoms with Gasteiger partial charge >= 0.3 is 11.9 Å². The van der Waals surface area contributed by atoms with Gasteiger partial charge in [-0.1, -0.05) is 66.4 Å². The summed E-state index contributed by atoms with van der Waals surface area (Å²) < 4.78 is 17.9. The third kappa shape index (κ3) is 5.11. The Balaban J connectivity index is 1.65. The summed E-state index contributed by atoms with van der Waals surface area (Å²) in [5.41, 5.74) is -1.41. The van der Waals surface area contributed by atoms with Crippen molar-refractivity contribution in [2.24, 2.45) is 0 Å². The first kappa shape index (κ1) is 23.0. The van der Waals surface area contributed by atoms with E-state index in [1.807, 2.05) is 30.3 Å². The van der Waals surface area contributed by atoms with Crippen molar-refractivity contribution in [3.8, 4) is 0 Å². The van der Waals surface area contributed by atoms with E-state index in [0.717, 1.165) is 4.90 Å². The number of esters is 2. The number of carbonyl (C=O) groups excluding carboxylic acids is 2. The number of benzene rings is 3. The molecule has 0 bridgehead atoms. The van der Waals surface area contributed by atoms with Gasteiger partial charge in [0.05, 0.1) is 17.7 Å². The van der Waals surface area contributed by atoms with Gasteiger partial charge in [-0.25, -0.2) is 9.59 Å². The molecule has 1 saturated heterocycles. The quantitative estimate of drug-likeness (QED) is 0.521. The second-order valence-corrected chi connectivity index (χ2v) is 8.91. The fourth-order valence-electron chi connectivity index (χ4n) is 3.66. The fraction of sp³-hybridized carbons (Fsp3) is 0.231. The zero-order valence-electron chi connectivity index (χ0n) is 18.0. The van der Waals surface area contributed by atoms with Crippen molar-refractivity contribution in [3.63, 3.8) is 0 Å². The summed E-state index contributed by atoms with van der Waals surface area (Å²) in [6, 6.07) is 26.6. The molecule has 1 aliphatic rings. The second kappa shape index (κ2) is 10.2. The highest BCUT2D eigenvalue weighted by Gasteiger charge is 2.59. The Morgan fingerprint density at radius 1 is 0.879 bits per heavy atom. The minimum atomic E-state index is -1.42. The van der Waals surface area contributed by atoms with Crippen LogP contribution in [0.2, 0.25) is 0 Å². The first-order valence-electron chi connectivity index (χ1n) is 10.5. The Hall–Kier alpha value is -3.13. The van der Waals surface area contributed by atoms with Crippen LogP contribution in [0.5, 0.6) is 0 Å². The number of rotatable bonds is 7. The van der Waals surface area contributed by atoms with Crippen molar-refractivity contribution in [2.45, 2.75) is 35.1 Å². The average Bonchev–Trinajstić information content (AvgIpc) is 3.10. The fourth-order valence-corrected chi connectivity index (χ4v) is 4.88. The number of ether oxygens (including phenoxy) is 3. The van der Waals surface area contributed by atoms with E-state index in [4.69, 9.17) is 14.2 Å². The lowest BCUT2D eigenvalue weighted by molar-refractivity contribution is -0.0971. The van der Waals surface area contributed by atoms with Crippen LogP contribution in [-0.4, -0.2) is 46.9 Å². The molecular weight excluding hydrogens is 440 g/mol. The maximum atomic E-state index is 12.9. The molecule has 1 unspecified atom stereocenters. The van der Waals surface area contributed by atoms with Crippen LogP contribution in [0, 0.1) is 0 Å². The lowest BCUT2D eigenvalue weighted by Crippen LogP contribution is -2.52. The van der Waals surface area contributed by atoms with Crippen LogP contribution >= 0.6 is 11.8 Å². The summed E-state index contributed by atoms with van der Waals surface area (Å²) in [6.07, 6.45) is -1.86. The second-order valence-electron chi connectivity index (χ2n) is 7.74. The molecule has 0 aliphatic carbocycles. The van der Waals surface area contributed by atoms with Crippen LogP contribution in [-0.2, 0) is 14.2 Å². The van der Waals surface area contributed by atoms with Crippen molar-refractivity contribution in [2.75, 3.05) is 6.61 Å². The van der Waals surface area contributed by atoms with Gasteiger partial charge < -0.3 is 19.3 Å². The van der Waals surface area contributed by atoms with Crippen molar-refractivity contribution in [3.05, 3.63) is 102 Å². The van der Waals surface area contributed by atoms with Gasteiger partial charge in [0.2, 0.25) is 0 Å². The molecule has 4 atom stereocenters. The van der Waals surface area contributed by atoms with Crippen molar-refractivity contribution >= 4 is 23.7 Å². The SMILES string of the molecule is C[C@]1(OC(=O)c2ccccc2)C(OC(=O)c2ccccc2)[C@@H](Sc2ccccc2)O[C@@H]1CO. The maximum absolute atomic E-state index is 12.9. The molecule has 1 aliphatic heterocycles. The van der Waals surface area contributed by atoms with E-state index in [1.54, 1.807) is 67.6 Å². The summed E-state index contributed by atoms with van der Waals surface area (Å²) in [5.74, 6) is -1.16. The van der Waals surface area contributed by atoms with Crippen LogP contribution < -0.4 is 0 Å². The molecule has 1 fully saturated rings. The third-order valence-corrected chi connectivity index (χ3v) is 6.61. The number of carbonyl (C=O) groups is 2. The molecule has 1 heterocycles. The Bertz CT molecular complexity index is 1080. The van der Waals surface area contributed by atoms with Gasteiger partial charge in [-0.3, -0.25) is 0 Å². The van der Waals surface area contributed by atoms with Gasteiger partial charge in [0.15, 0.2) is 11.7 Å². The minimum Gasteiger partial charge on any atom is -0.451 e. The summed E-state index contributed by atoms with van der Waals surface area (Å²) in [5, 5.41) is 10.1. The first-order valence-corrected chi connectivity index (χ1v) is 11.4. The van der Waals surface area contributed by atoms with Crippen LogP contribution in [0.15, 0.2) is 95.9 Å². The third-order valence-electron chi connectivity index (χ3n) is 5.48. The average molecular weight is 465 g/mol. The number of aliphatic hydroxyl groups excluding tert-OH is 1. The normalized spacial score (nSPS) is 24.2. The molecule has 0 amide bonds. The van der Waals surface area contributed by atoms with E-state index in [-0.39, 0.29) is 0 Å². The minimum absolute atomic E-state index is 0.350. The number of hydrogen-bond acceptors (Lipinski definition) is 7. The summed E-state index contributed by atoms with van der Waals surface area (Å²) in [7, 11) is 0. The monoisotopic (exact) mass is 464 g/mol. The Labute approximate surface area is 196 Å². The molecule has 7 heteroatoms. The largest absolute Gasteiger partial charge is 0.451 e. The molecule has 1 N–H and O–H groups in total. The molecule has 0 spiro atoms. The lowest BCUT2D eigenvalue weighted by atomic mass is 9.95. The summed E-state index contributed by atoms with van der Waals surface area (Å²) in [6.45, 7) is 1.22. The van der Waals surface area contributed by atoms with Gasteiger partial charge in [-0.15, -0.1) is 0 Å². The maximum Gasteiger partial charge on any atom is 0.338 e. The predicted octanol–water partition coefficient (Wildman–Crippen LogP) is 4.34. The highest BCUT2D eigenvalue weighted by Crippen LogP contribution is 2.43. The van der Waals surface area contributed by atoms with Crippen LogP contribution in [0.1, 0.15) is 27.6 Å². The predicted molar refractivity (Wildman–Crippen MR) is 124 cm³/mol. The molecule has 0 radical (unpaired) electrons.